The van der Waals surface area contributed by atoms with E-state index < -0.39 is 0 Å². The third-order valence-electron chi connectivity index (χ3n) is 5.59. The quantitative estimate of drug-likeness (QED) is 0.586. The Labute approximate surface area is 186 Å². The molecule has 1 aliphatic rings. The summed E-state index contributed by atoms with van der Waals surface area (Å²) in [6, 6.07) is 17.1. The second kappa shape index (κ2) is 10.2. The van der Waals surface area contributed by atoms with Crippen LogP contribution in [-0.2, 0) is 24.3 Å². The first-order valence-corrected chi connectivity index (χ1v) is 10.9. The minimum Gasteiger partial charge on any atom is -0.497 e. The van der Waals surface area contributed by atoms with Crippen molar-refractivity contribution in [1.82, 2.24) is 19.7 Å². The first-order valence-electron chi connectivity index (χ1n) is 10.9. The summed E-state index contributed by atoms with van der Waals surface area (Å²) in [5.41, 5.74) is 0.841. The Morgan fingerprint density at radius 2 is 1.94 bits per heavy atom. The number of carbonyl (C=O) groups excluding carboxylic acids is 1. The third kappa shape index (κ3) is 5.38. The highest BCUT2D eigenvalue weighted by atomic mass is 16.5. The van der Waals surface area contributed by atoms with Gasteiger partial charge in [-0.3, -0.25) is 9.36 Å². The number of hydrogen-bond donors (Lipinski definition) is 1. The molecule has 2 aromatic carbocycles. The van der Waals surface area contributed by atoms with Crippen LogP contribution in [0.15, 0.2) is 59.4 Å². The molecule has 1 amide bonds. The van der Waals surface area contributed by atoms with E-state index in [2.05, 4.69) is 10.4 Å². The van der Waals surface area contributed by atoms with Gasteiger partial charge >= 0.3 is 5.69 Å². The molecule has 0 aliphatic carbocycles. The largest absolute Gasteiger partial charge is 0.497 e. The molecule has 1 atom stereocenters. The van der Waals surface area contributed by atoms with Crippen molar-refractivity contribution in [2.24, 2.45) is 0 Å². The number of ether oxygens (including phenoxy) is 2. The van der Waals surface area contributed by atoms with Crippen molar-refractivity contribution in [2.45, 2.75) is 44.8 Å². The molecular formula is C24H28N4O4. The van der Waals surface area contributed by atoms with E-state index in [0.717, 1.165) is 29.3 Å². The maximum Gasteiger partial charge on any atom is 0.346 e. The zero-order valence-corrected chi connectivity index (χ0v) is 18.2. The maximum atomic E-state index is 12.9. The van der Waals surface area contributed by atoms with Crippen molar-refractivity contribution >= 4 is 5.91 Å². The highest BCUT2D eigenvalue weighted by Crippen LogP contribution is 2.15. The van der Waals surface area contributed by atoms with E-state index in [1.54, 1.807) is 11.7 Å². The lowest BCUT2D eigenvalue weighted by Crippen LogP contribution is -2.36. The Hall–Kier alpha value is -3.55. The van der Waals surface area contributed by atoms with Crippen LogP contribution in [0.4, 0.5) is 0 Å². The lowest BCUT2D eigenvalue weighted by molar-refractivity contribution is -0.122. The molecule has 2 heterocycles. The Bertz CT molecular complexity index is 1110. The number of rotatable bonds is 8. The first kappa shape index (κ1) is 21.7. The van der Waals surface area contributed by atoms with E-state index in [-0.39, 0.29) is 17.6 Å². The summed E-state index contributed by atoms with van der Waals surface area (Å²) in [5.74, 6) is 2.23. The van der Waals surface area contributed by atoms with Crippen molar-refractivity contribution in [3.63, 3.8) is 0 Å². The van der Waals surface area contributed by atoms with E-state index in [4.69, 9.17) is 9.47 Å². The van der Waals surface area contributed by atoms with Crippen LogP contribution < -0.4 is 20.5 Å². The normalized spacial score (nSPS) is 15.5. The number of nitrogens with one attached hydrogen (secondary N) is 1. The van der Waals surface area contributed by atoms with Crippen LogP contribution in [0.2, 0.25) is 0 Å². The molecular weight excluding hydrogens is 408 g/mol. The van der Waals surface area contributed by atoms with E-state index in [1.807, 2.05) is 54.6 Å². The smallest absolute Gasteiger partial charge is 0.346 e. The lowest BCUT2D eigenvalue weighted by Gasteiger charge is -2.16. The van der Waals surface area contributed by atoms with Gasteiger partial charge in [-0.05, 0) is 42.7 Å². The minimum absolute atomic E-state index is 0.0205. The van der Waals surface area contributed by atoms with E-state index in [1.165, 1.54) is 4.68 Å². The average Bonchev–Trinajstić information content (AvgIpc) is 2.97. The van der Waals surface area contributed by atoms with Crippen LogP contribution in [-0.4, -0.2) is 40.0 Å². The fourth-order valence-corrected chi connectivity index (χ4v) is 3.90. The van der Waals surface area contributed by atoms with Gasteiger partial charge in [-0.1, -0.05) is 30.3 Å². The molecule has 1 unspecified atom stereocenters. The molecule has 3 aromatic rings. The molecule has 1 N–H and O–H groups in total. The fourth-order valence-electron chi connectivity index (χ4n) is 3.90. The number of hydrogen-bond acceptors (Lipinski definition) is 5. The molecule has 0 saturated carbocycles. The molecule has 0 saturated heterocycles. The molecule has 0 spiro atoms. The molecule has 4 rings (SSSR count). The fraction of sp³-hybridized carbons (Fsp3) is 0.375. The Balaban J connectivity index is 1.29. The number of para-hydroxylation sites is 1. The molecule has 0 radical (unpaired) electrons. The van der Waals surface area contributed by atoms with Gasteiger partial charge in [-0.25, -0.2) is 9.48 Å². The number of aromatic nitrogens is 3. The second-order valence-corrected chi connectivity index (χ2v) is 7.86. The van der Waals surface area contributed by atoms with Crippen LogP contribution in [0.25, 0.3) is 0 Å². The number of carbonyl (C=O) groups is 1. The number of amides is 1. The van der Waals surface area contributed by atoms with Crippen molar-refractivity contribution < 1.29 is 14.3 Å². The maximum absolute atomic E-state index is 12.9. The highest BCUT2D eigenvalue weighted by Gasteiger charge is 2.22. The monoisotopic (exact) mass is 436 g/mol. The number of nitrogens with zero attached hydrogens (tertiary/aromatic N) is 3. The molecule has 0 bridgehead atoms. The van der Waals surface area contributed by atoms with Crippen LogP contribution in [0, 0.1) is 0 Å². The second-order valence-electron chi connectivity index (χ2n) is 7.86. The molecule has 8 nitrogen and oxygen atoms in total. The van der Waals surface area contributed by atoms with Gasteiger partial charge in [-0.15, -0.1) is 0 Å². The molecule has 1 aromatic heterocycles. The summed E-state index contributed by atoms with van der Waals surface area (Å²) in [6.07, 6.45) is 2.39. The van der Waals surface area contributed by atoms with Gasteiger partial charge in [0.15, 0.2) is 0 Å². The van der Waals surface area contributed by atoms with Gasteiger partial charge in [-0.2, -0.15) is 5.10 Å². The average molecular weight is 437 g/mol. The Morgan fingerprint density at radius 3 is 2.75 bits per heavy atom. The number of benzene rings is 2. The molecule has 32 heavy (non-hydrogen) atoms. The summed E-state index contributed by atoms with van der Waals surface area (Å²) in [6.45, 7) is 1.27. The van der Waals surface area contributed by atoms with E-state index in [9.17, 15) is 9.59 Å². The summed E-state index contributed by atoms with van der Waals surface area (Å²) in [4.78, 5) is 25.2. The number of methoxy groups -OCH3 is 1. The summed E-state index contributed by atoms with van der Waals surface area (Å²) >= 11 is 0. The van der Waals surface area contributed by atoms with Crippen molar-refractivity contribution in [2.75, 3.05) is 13.7 Å². The van der Waals surface area contributed by atoms with Crippen LogP contribution in [0.5, 0.6) is 11.5 Å². The third-order valence-corrected chi connectivity index (χ3v) is 5.59. The first-order chi connectivity index (χ1) is 15.6. The molecule has 0 fully saturated rings. The van der Waals surface area contributed by atoms with E-state index in [0.29, 0.717) is 39.0 Å². The van der Waals surface area contributed by atoms with Gasteiger partial charge in [0.05, 0.1) is 26.7 Å². The van der Waals surface area contributed by atoms with Gasteiger partial charge < -0.3 is 14.8 Å². The van der Waals surface area contributed by atoms with E-state index >= 15 is 0 Å². The summed E-state index contributed by atoms with van der Waals surface area (Å²) < 4.78 is 14.1. The van der Waals surface area contributed by atoms with Gasteiger partial charge in [0.1, 0.15) is 17.3 Å². The van der Waals surface area contributed by atoms with Crippen molar-refractivity contribution in [1.29, 1.82) is 0 Å². The zero-order chi connectivity index (χ0) is 22.3. The van der Waals surface area contributed by atoms with Crippen molar-refractivity contribution in [3.05, 3.63) is 76.5 Å². The topological polar surface area (TPSA) is 87.4 Å². The Kier molecular flexibility index (Phi) is 6.89. The van der Waals surface area contributed by atoms with Crippen LogP contribution >= 0.6 is 0 Å². The minimum atomic E-state index is -0.119. The Morgan fingerprint density at radius 1 is 1.12 bits per heavy atom. The molecule has 168 valence electrons. The predicted molar refractivity (Wildman–Crippen MR) is 120 cm³/mol. The predicted octanol–water partition coefficient (Wildman–Crippen LogP) is 2.39. The number of aryl methyl sites for hydroxylation is 1. The van der Waals surface area contributed by atoms with Gasteiger partial charge in [0.2, 0.25) is 5.91 Å². The van der Waals surface area contributed by atoms with Crippen LogP contribution in [0.1, 0.15) is 30.7 Å². The van der Waals surface area contributed by atoms with Gasteiger partial charge in [0.25, 0.3) is 0 Å². The van der Waals surface area contributed by atoms with Gasteiger partial charge in [0, 0.05) is 19.0 Å². The summed E-state index contributed by atoms with van der Waals surface area (Å²) in [7, 11) is 1.62. The van der Waals surface area contributed by atoms with Crippen LogP contribution in [0.3, 0.4) is 0 Å². The van der Waals surface area contributed by atoms with Crippen molar-refractivity contribution in [3.8, 4) is 11.5 Å². The highest BCUT2D eigenvalue weighted by molar-refractivity contribution is 5.76. The molecule has 1 aliphatic heterocycles. The zero-order valence-electron chi connectivity index (χ0n) is 18.2. The number of fused-ring (bicyclic) bond motifs is 1. The molecule has 8 heteroatoms. The summed E-state index contributed by atoms with van der Waals surface area (Å²) in [5, 5.41) is 7.63. The standard InChI is InChI=1S/C24H28N4O4/c1-31-21-9-5-6-18(16-21)17-28-24(30)27-14-12-19(10-11-22(27)26-28)25-23(29)13-15-32-20-7-3-2-4-8-20/h2-9,16,19H,10-15,17H2,1H3,(H,25,29). The SMILES string of the molecule is COc1cccc(Cn2nc3n(c2=O)CCC(NC(=O)CCOc2ccccc2)CC3)c1. The lowest BCUT2D eigenvalue weighted by atomic mass is 10.1.